The minimum atomic E-state index is 0.373. The van der Waals surface area contributed by atoms with Crippen molar-refractivity contribution in [2.24, 2.45) is 5.84 Å². The molecule has 8 N–H and O–H groups in total. The number of nitrogens with two attached hydrogens (primary N) is 3. The van der Waals surface area contributed by atoms with Gasteiger partial charge in [0.15, 0.2) is 5.82 Å². The molecule has 0 bridgehead atoms. The second kappa shape index (κ2) is 9.46. The third-order valence-corrected chi connectivity index (χ3v) is 6.04. The largest absolute Gasteiger partial charge is 0.395 e. The third kappa shape index (κ3) is 5.12. The molecule has 2 unspecified atom stereocenters. The number of nitrogens with zero attached hydrogens (tertiary/aromatic N) is 4. The Hall–Kier alpha value is -3.30. The average Bonchev–Trinajstić information content (AvgIpc) is 3.39. The highest BCUT2D eigenvalue weighted by atomic mass is 15.3. The number of hydrogen-bond donors (Lipinski definition) is 5. The number of hydrogen-bond acceptors (Lipinski definition) is 8. The number of rotatable bonds is 8. The molecule has 32 heavy (non-hydrogen) atoms. The van der Waals surface area contributed by atoms with Crippen molar-refractivity contribution in [1.29, 1.82) is 0 Å². The summed E-state index contributed by atoms with van der Waals surface area (Å²) < 4.78 is 1.94. The van der Waals surface area contributed by atoms with Crippen LogP contribution in [0.1, 0.15) is 36.5 Å². The van der Waals surface area contributed by atoms with Crippen LogP contribution < -0.4 is 33.0 Å². The first-order valence-electron chi connectivity index (χ1n) is 11.0. The molecule has 1 aliphatic rings. The summed E-state index contributed by atoms with van der Waals surface area (Å²) in [5, 5.41) is 8.19. The Morgan fingerprint density at radius 1 is 1.22 bits per heavy atom. The van der Waals surface area contributed by atoms with Gasteiger partial charge < -0.3 is 27.1 Å². The summed E-state index contributed by atoms with van der Waals surface area (Å²) in [6.07, 6.45) is 6.98. The Labute approximate surface area is 189 Å². The van der Waals surface area contributed by atoms with Crippen LogP contribution in [0.15, 0.2) is 42.7 Å². The standard InChI is InChI=1S/C23H33N9/c1-15-6-7-19(28-15)14-31(2)20-5-3-4-16(9-20)12-32-13-17(11-27-32)8-18-10-21(24)29-23(30-26)22(18)25/h3-5,9-11,13,15,19,28H,6-8,12,14,25-26H2,1-2H3,(H3,24,29,30). The molecule has 3 heterocycles. The minimum absolute atomic E-state index is 0.373. The van der Waals surface area contributed by atoms with Gasteiger partial charge in [-0.25, -0.2) is 10.8 Å². The average molecular weight is 436 g/mol. The van der Waals surface area contributed by atoms with Crippen LogP contribution in [0.5, 0.6) is 0 Å². The predicted molar refractivity (Wildman–Crippen MR) is 130 cm³/mol. The van der Waals surface area contributed by atoms with Crippen molar-refractivity contribution in [2.75, 3.05) is 35.4 Å². The molecule has 1 saturated heterocycles. The highest BCUT2D eigenvalue weighted by Crippen LogP contribution is 2.25. The van der Waals surface area contributed by atoms with E-state index in [0.29, 0.717) is 42.4 Å². The molecule has 0 saturated carbocycles. The van der Waals surface area contributed by atoms with Crippen LogP contribution in [0.3, 0.4) is 0 Å². The number of likely N-dealkylation sites (N-methyl/N-ethyl adjacent to an activating group) is 1. The molecule has 2 atom stereocenters. The van der Waals surface area contributed by atoms with Gasteiger partial charge in [-0.1, -0.05) is 12.1 Å². The van der Waals surface area contributed by atoms with Crippen molar-refractivity contribution < 1.29 is 0 Å². The lowest BCUT2D eigenvalue weighted by molar-refractivity contribution is 0.558. The topological polar surface area (TPSA) is 136 Å². The lowest BCUT2D eigenvalue weighted by Gasteiger charge is -2.24. The molecule has 4 rings (SSSR count). The Kier molecular flexibility index (Phi) is 6.48. The molecule has 1 aliphatic heterocycles. The van der Waals surface area contributed by atoms with Crippen LogP contribution in [0.4, 0.5) is 23.0 Å². The molecule has 0 spiro atoms. The molecule has 0 aliphatic carbocycles. The Balaban J connectivity index is 1.42. The number of benzene rings is 1. The minimum Gasteiger partial charge on any atom is -0.395 e. The smallest absolute Gasteiger partial charge is 0.165 e. The summed E-state index contributed by atoms with van der Waals surface area (Å²) in [7, 11) is 2.16. The van der Waals surface area contributed by atoms with E-state index in [1.54, 1.807) is 6.07 Å². The van der Waals surface area contributed by atoms with Crippen molar-refractivity contribution in [2.45, 2.75) is 44.8 Å². The van der Waals surface area contributed by atoms with Gasteiger partial charge in [-0.2, -0.15) is 5.10 Å². The number of nitrogen functional groups attached to an aromatic ring is 3. The summed E-state index contributed by atoms with van der Waals surface area (Å²) in [5.41, 5.74) is 19.4. The molecule has 0 amide bonds. The van der Waals surface area contributed by atoms with E-state index in [0.717, 1.165) is 17.7 Å². The summed E-state index contributed by atoms with van der Waals surface area (Å²) in [6.45, 7) is 3.96. The molecule has 170 valence electrons. The van der Waals surface area contributed by atoms with Crippen molar-refractivity contribution in [3.05, 3.63) is 59.4 Å². The first kappa shape index (κ1) is 21.9. The molecule has 1 aromatic carbocycles. The summed E-state index contributed by atoms with van der Waals surface area (Å²) in [4.78, 5) is 6.43. The third-order valence-electron chi connectivity index (χ3n) is 6.04. The maximum absolute atomic E-state index is 6.15. The van der Waals surface area contributed by atoms with Gasteiger partial charge in [0.2, 0.25) is 0 Å². The lowest BCUT2D eigenvalue weighted by Crippen LogP contribution is -2.37. The first-order chi connectivity index (χ1) is 15.4. The van der Waals surface area contributed by atoms with E-state index in [4.69, 9.17) is 17.3 Å². The van der Waals surface area contributed by atoms with E-state index >= 15 is 0 Å². The molecule has 9 heteroatoms. The second-order valence-corrected chi connectivity index (χ2v) is 8.73. The predicted octanol–water partition coefficient (Wildman–Crippen LogP) is 1.94. The SMILES string of the molecule is CC1CCC(CN(C)c2cccc(Cn3cc(Cc4cc(N)nc(NN)c4N)cn3)c2)N1. The Morgan fingerprint density at radius 3 is 2.81 bits per heavy atom. The summed E-state index contributed by atoms with van der Waals surface area (Å²) >= 11 is 0. The molecule has 9 nitrogen and oxygen atoms in total. The molecule has 3 aromatic rings. The molecule has 0 radical (unpaired) electrons. The highest BCUT2D eigenvalue weighted by Gasteiger charge is 2.21. The molecule has 2 aromatic heterocycles. The van der Waals surface area contributed by atoms with Gasteiger partial charge in [-0.15, -0.1) is 0 Å². The number of hydrazine groups is 1. The van der Waals surface area contributed by atoms with Crippen molar-refractivity contribution in [1.82, 2.24) is 20.1 Å². The van der Waals surface area contributed by atoms with E-state index in [1.165, 1.54) is 24.1 Å². The maximum atomic E-state index is 6.15. The van der Waals surface area contributed by atoms with Crippen LogP contribution in [0.25, 0.3) is 0 Å². The molecular weight excluding hydrogens is 402 g/mol. The van der Waals surface area contributed by atoms with E-state index in [1.807, 2.05) is 17.1 Å². The van der Waals surface area contributed by atoms with E-state index in [-0.39, 0.29) is 0 Å². The van der Waals surface area contributed by atoms with Gasteiger partial charge in [0, 0.05) is 44.0 Å². The number of anilines is 4. The van der Waals surface area contributed by atoms with Gasteiger partial charge in [0.05, 0.1) is 18.4 Å². The van der Waals surface area contributed by atoms with Gasteiger partial charge in [-0.3, -0.25) is 4.68 Å². The molecule has 1 fully saturated rings. The van der Waals surface area contributed by atoms with Crippen LogP contribution >= 0.6 is 0 Å². The van der Waals surface area contributed by atoms with E-state index in [9.17, 15) is 0 Å². The van der Waals surface area contributed by atoms with E-state index in [2.05, 4.69) is 64.0 Å². The summed E-state index contributed by atoms with van der Waals surface area (Å²) in [6, 6.07) is 11.6. The van der Waals surface area contributed by atoms with Gasteiger partial charge in [0.25, 0.3) is 0 Å². The monoisotopic (exact) mass is 435 g/mol. The maximum Gasteiger partial charge on any atom is 0.165 e. The first-order valence-corrected chi connectivity index (χ1v) is 11.0. The Morgan fingerprint density at radius 2 is 2.06 bits per heavy atom. The number of aromatic nitrogens is 3. The van der Waals surface area contributed by atoms with Crippen molar-refractivity contribution in [3.8, 4) is 0 Å². The van der Waals surface area contributed by atoms with E-state index < -0.39 is 0 Å². The van der Waals surface area contributed by atoms with Crippen molar-refractivity contribution in [3.63, 3.8) is 0 Å². The van der Waals surface area contributed by atoms with Gasteiger partial charge in [0.1, 0.15) is 5.82 Å². The number of pyridine rings is 1. The fourth-order valence-electron chi connectivity index (χ4n) is 4.37. The van der Waals surface area contributed by atoms with Crippen molar-refractivity contribution >= 4 is 23.0 Å². The fraction of sp³-hybridized carbons (Fsp3) is 0.391. The zero-order chi connectivity index (χ0) is 22.7. The fourth-order valence-corrected chi connectivity index (χ4v) is 4.37. The van der Waals surface area contributed by atoms with Crippen LogP contribution in [-0.2, 0) is 13.0 Å². The zero-order valence-electron chi connectivity index (χ0n) is 18.8. The van der Waals surface area contributed by atoms with Crippen LogP contribution in [0, 0.1) is 0 Å². The molecular formula is C23H33N9. The summed E-state index contributed by atoms with van der Waals surface area (Å²) in [5.74, 6) is 6.24. The lowest BCUT2D eigenvalue weighted by atomic mass is 10.1. The quantitative estimate of drug-likeness (QED) is 0.267. The van der Waals surface area contributed by atoms with Crippen LogP contribution in [0.2, 0.25) is 0 Å². The second-order valence-electron chi connectivity index (χ2n) is 8.73. The van der Waals surface area contributed by atoms with Crippen LogP contribution in [-0.4, -0.2) is 40.4 Å². The van der Waals surface area contributed by atoms with Gasteiger partial charge in [-0.05, 0) is 54.7 Å². The number of nitrogens with one attached hydrogen (secondary N) is 2. The van der Waals surface area contributed by atoms with Gasteiger partial charge >= 0.3 is 0 Å². The highest BCUT2D eigenvalue weighted by molar-refractivity contribution is 5.68. The Bertz CT molecular complexity index is 1060. The zero-order valence-corrected chi connectivity index (χ0v) is 18.8. The normalized spacial score (nSPS) is 18.1.